The number of rotatable bonds is 3. The molecule has 7 heteroatoms. The highest BCUT2D eigenvalue weighted by atomic mass is 32.2. The van der Waals surface area contributed by atoms with E-state index in [0.717, 1.165) is 11.8 Å². The van der Waals surface area contributed by atoms with Crippen LogP contribution in [-0.4, -0.2) is 35.5 Å². The molecule has 0 radical (unpaired) electrons. The van der Waals surface area contributed by atoms with Crippen LogP contribution in [0, 0.1) is 6.92 Å². The van der Waals surface area contributed by atoms with Crippen molar-refractivity contribution in [1.29, 1.82) is 0 Å². The van der Waals surface area contributed by atoms with Gasteiger partial charge in [0.2, 0.25) is 0 Å². The van der Waals surface area contributed by atoms with Gasteiger partial charge in [-0.1, -0.05) is 11.6 Å². The van der Waals surface area contributed by atoms with Crippen LogP contribution >= 0.6 is 0 Å². The highest BCUT2D eigenvalue weighted by Crippen LogP contribution is 2.18. The van der Waals surface area contributed by atoms with E-state index >= 15 is 0 Å². The van der Waals surface area contributed by atoms with Gasteiger partial charge < -0.3 is 5.11 Å². The smallest absolute Gasteiger partial charge is 0.337 e. The first-order valence-electron chi connectivity index (χ1n) is 5.38. The van der Waals surface area contributed by atoms with Crippen LogP contribution in [0.3, 0.4) is 0 Å². The Morgan fingerprint density at radius 3 is 2.58 bits per heavy atom. The fraction of sp³-hybridized carbons (Fsp3) is 0.167. The molecule has 2 aromatic rings. The van der Waals surface area contributed by atoms with Gasteiger partial charge in [-0.25, -0.2) is 17.9 Å². The lowest BCUT2D eigenvalue weighted by molar-refractivity contribution is 0.0696. The first-order valence-corrected chi connectivity index (χ1v) is 7.27. The van der Waals surface area contributed by atoms with Gasteiger partial charge in [0.25, 0.3) is 0 Å². The zero-order valence-corrected chi connectivity index (χ0v) is 11.2. The summed E-state index contributed by atoms with van der Waals surface area (Å²) in [6.07, 6.45) is 3.56. The van der Waals surface area contributed by atoms with E-state index in [1.54, 1.807) is 19.1 Å². The van der Waals surface area contributed by atoms with Crippen molar-refractivity contribution >= 4 is 15.8 Å². The van der Waals surface area contributed by atoms with Crippen molar-refractivity contribution < 1.29 is 18.3 Å². The number of aromatic carboxylic acids is 1. The van der Waals surface area contributed by atoms with Crippen LogP contribution in [0.15, 0.2) is 35.5 Å². The van der Waals surface area contributed by atoms with E-state index in [2.05, 4.69) is 5.10 Å². The Labute approximate surface area is 110 Å². The van der Waals surface area contributed by atoms with Crippen LogP contribution in [-0.2, 0) is 9.84 Å². The monoisotopic (exact) mass is 280 g/mol. The van der Waals surface area contributed by atoms with E-state index in [1.165, 1.54) is 23.1 Å². The maximum atomic E-state index is 11.4. The van der Waals surface area contributed by atoms with Crippen molar-refractivity contribution in [3.8, 4) is 5.69 Å². The molecule has 0 saturated carbocycles. The molecule has 1 aromatic heterocycles. The molecule has 6 nitrogen and oxygen atoms in total. The molecule has 0 unspecified atom stereocenters. The predicted octanol–water partition coefficient (Wildman–Crippen LogP) is 1.28. The second kappa shape index (κ2) is 4.51. The van der Waals surface area contributed by atoms with Crippen LogP contribution in [0.2, 0.25) is 0 Å². The number of hydrogen-bond acceptors (Lipinski definition) is 4. The van der Waals surface area contributed by atoms with Crippen molar-refractivity contribution in [1.82, 2.24) is 9.78 Å². The molecule has 1 N–H and O–H groups in total. The molecule has 2 rings (SSSR count). The zero-order chi connectivity index (χ0) is 14.2. The third-order valence-corrected chi connectivity index (χ3v) is 3.68. The Kier molecular flexibility index (Phi) is 3.15. The summed E-state index contributed by atoms with van der Waals surface area (Å²) in [5, 5.41) is 13.1. The van der Waals surface area contributed by atoms with Gasteiger partial charge in [-0.2, -0.15) is 5.10 Å². The van der Waals surface area contributed by atoms with Crippen LogP contribution in [0.5, 0.6) is 0 Å². The fourth-order valence-electron chi connectivity index (χ4n) is 1.65. The van der Waals surface area contributed by atoms with Crippen LogP contribution in [0.1, 0.15) is 15.9 Å². The quantitative estimate of drug-likeness (QED) is 0.914. The molecular weight excluding hydrogens is 268 g/mol. The molecule has 1 heterocycles. The van der Waals surface area contributed by atoms with Gasteiger partial charge in [-0.05, 0) is 19.1 Å². The lowest BCUT2D eigenvalue weighted by Gasteiger charge is -2.06. The number of aryl methyl sites for hydroxylation is 1. The lowest BCUT2D eigenvalue weighted by Crippen LogP contribution is -2.06. The first kappa shape index (κ1) is 13.3. The highest BCUT2D eigenvalue weighted by Gasteiger charge is 2.15. The number of sulfone groups is 1. The molecule has 0 bridgehead atoms. The molecule has 0 fully saturated rings. The summed E-state index contributed by atoms with van der Waals surface area (Å²) in [6.45, 7) is 1.78. The summed E-state index contributed by atoms with van der Waals surface area (Å²) in [6, 6.07) is 4.85. The molecule has 0 aliphatic heterocycles. The van der Waals surface area contributed by atoms with E-state index in [4.69, 9.17) is 5.11 Å². The summed E-state index contributed by atoms with van der Waals surface area (Å²) in [5.41, 5.74) is 1.20. The molecule has 19 heavy (non-hydrogen) atoms. The Morgan fingerprint density at radius 2 is 2.05 bits per heavy atom. The summed E-state index contributed by atoms with van der Waals surface area (Å²) < 4.78 is 24.0. The summed E-state index contributed by atoms with van der Waals surface area (Å²) >= 11 is 0. The molecule has 1 aromatic carbocycles. The van der Waals surface area contributed by atoms with Gasteiger partial charge in [-0.3, -0.25) is 0 Å². The molecule has 0 atom stereocenters. The summed E-state index contributed by atoms with van der Waals surface area (Å²) in [5.74, 6) is -1.09. The SMILES string of the molecule is Cc1ccc(-n2cc(S(C)(=O)=O)cn2)c(C(=O)O)c1. The highest BCUT2D eigenvalue weighted by molar-refractivity contribution is 7.90. The third kappa shape index (κ3) is 2.65. The van der Waals surface area contributed by atoms with Crippen molar-refractivity contribution in [3.63, 3.8) is 0 Å². The van der Waals surface area contributed by atoms with Crippen molar-refractivity contribution in [2.75, 3.05) is 6.26 Å². The molecular formula is C12H12N2O4S. The number of benzene rings is 1. The number of hydrogen-bond donors (Lipinski definition) is 1. The van der Waals surface area contributed by atoms with Crippen LogP contribution in [0.4, 0.5) is 0 Å². The molecule has 0 amide bonds. The average Bonchev–Trinajstić information content (AvgIpc) is 2.77. The normalized spacial score (nSPS) is 11.5. The predicted molar refractivity (Wildman–Crippen MR) is 68.4 cm³/mol. The fourth-order valence-corrected chi connectivity index (χ4v) is 2.18. The van der Waals surface area contributed by atoms with E-state index in [0.29, 0.717) is 5.69 Å². The number of carboxylic acids is 1. The minimum Gasteiger partial charge on any atom is -0.478 e. The molecule has 0 saturated heterocycles. The maximum absolute atomic E-state index is 11.4. The zero-order valence-electron chi connectivity index (χ0n) is 10.4. The Bertz CT molecular complexity index is 747. The van der Waals surface area contributed by atoms with E-state index in [9.17, 15) is 13.2 Å². The van der Waals surface area contributed by atoms with Gasteiger partial charge in [0.15, 0.2) is 9.84 Å². The second-order valence-corrected chi connectivity index (χ2v) is 6.23. The summed E-state index contributed by atoms with van der Waals surface area (Å²) in [7, 11) is -3.36. The minimum absolute atomic E-state index is 0.0458. The van der Waals surface area contributed by atoms with Crippen molar-refractivity contribution in [2.24, 2.45) is 0 Å². The van der Waals surface area contributed by atoms with Gasteiger partial charge >= 0.3 is 5.97 Å². The van der Waals surface area contributed by atoms with Gasteiger partial charge in [0.05, 0.1) is 17.4 Å². The number of nitrogens with zero attached hydrogens (tertiary/aromatic N) is 2. The number of carboxylic acid groups (broad SMARTS) is 1. The molecule has 100 valence electrons. The Morgan fingerprint density at radius 1 is 1.37 bits per heavy atom. The standard InChI is InChI=1S/C12H12N2O4S/c1-8-3-4-11(10(5-8)12(15)16)14-7-9(6-13-14)19(2,17)18/h3-7H,1-2H3,(H,15,16). The average molecular weight is 280 g/mol. The molecule has 0 aliphatic rings. The van der Waals surface area contributed by atoms with Gasteiger partial charge in [0.1, 0.15) is 4.90 Å². The Hall–Kier alpha value is -2.15. The largest absolute Gasteiger partial charge is 0.478 e. The van der Waals surface area contributed by atoms with E-state index in [-0.39, 0.29) is 10.5 Å². The topological polar surface area (TPSA) is 89.3 Å². The minimum atomic E-state index is -3.36. The van der Waals surface area contributed by atoms with Crippen molar-refractivity contribution in [2.45, 2.75) is 11.8 Å². The van der Waals surface area contributed by atoms with Crippen LogP contribution in [0.25, 0.3) is 5.69 Å². The Balaban J connectivity index is 2.60. The van der Waals surface area contributed by atoms with Crippen LogP contribution < -0.4 is 0 Å². The second-order valence-electron chi connectivity index (χ2n) is 4.22. The molecule has 0 aliphatic carbocycles. The van der Waals surface area contributed by atoms with Gasteiger partial charge in [-0.15, -0.1) is 0 Å². The van der Waals surface area contributed by atoms with Crippen molar-refractivity contribution in [3.05, 3.63) is 41.7 Å². The first-order chi connectivity index (χ1) is 8.79. The van der Waals surface area contributed by atoms with E-state index in [1.807, 2.05) is 0 Å². The van der Waals surface area contributed by atoms with Gasteiger partial charge in [0, 0.05) is 12.5 Å². The lowest BCUT2D eigenvalue weighted by atomic mass is 10.1. The number of carbonyl (C=O) groups is 1. The maximum Gasteiger partial charge on any atom is 0.337 e. The van der Waals surface area contributed by atoms with E-state index < -0.39 is 15.8 Å². The molecule has 0 spiro atoms. The number of aromatic nitrogens is 2. The third-order valence-electron chi connectivity index (χ3n) is 2.62. The summed E-state index contributed by atoms with van der Waals surface area (Å²) in [4.78, 5) is 11.2.